The normalized spacial score (nSPS) is 21.4. The lowest BCUT2D eigenvalue weighted by molar-refractivity contribution is 0.405. The van der Waals surface area contributed by atoms with Gasteiger partial charge in [0.15, 0.2) is 0 Å². The van der Waals surface area contributed by atoms with Crippen LogP contribution in [-0.2, 0) is 6.42 Å². The van der Waals surface area contributed by atoms with Gasteiger partial charge in [-0.05, 0) is 29.5 Å². The smallest absolute Gasteiger partial charge is 0.0581 e. The van der Waals surface area contributed by atoms with Crippen LogP contribution in [0.2, 0.25) is 0 Å². The lowest BCUT2D eigenvalue weighted by Crippen LogP contribution is -2.39. The third-order valence-corrected chi connectivity index (χ3v) is 4.27. The van der Waals surface area contributed by atoms with E-state index in [2.05, 4.69) is 66.8 Å². The summed E-state index contributed by atoms with van der Waals surface area (Å²) in [5.74, 6) is 0. The van der Waals surface area contributed by atoms with Gasteiger partial charge in [0, 0.05) is 6.04 Å². The molecule has 20 heavy (non-hydrogen) atoms. The molecule has 0 fully saturated rings. The van der Waals surface area contributed by atoms with Gasteiger partial charge in [0.25, 0.3) is 0 Å². The van der Waals surface area contributed by atoms with Crippen molar-refractivity contribution in [3.8, 4) is 0 Å². The second kappa shape index (κ2) is 6.23. The zero-order valence-corrected chi connectivity index (χ0v) is 12.2. The van der Waals surface area contributed by atoms with E-state index in [1.165, 1.54) is 42.4 Å². The van der Waals surface area contributed by atoms with Crippen LogP contribution in [0.5, 0.6) is 0 Å². The van der Waals surface area contributed by atoms with Crippen molar-refractivity contribution in [1.82, 2.24) is 5.32 Å². The number of rotatable bonds is 4. The number of benzene rings is 2. The average molecular weight is 265 g/mol. The van der Waals surface area contributed by atoms with Gasteiger partial charge in [-0.15, -0.1) is 0 Å². The van der Waals surface area contributed by atoms with Gasteiger partial charge in [0.1, 0.15) is 0 Å². The fourth-order valence-electron chi connectivity index (χ4n) is 3.21. The number of unbranched alkanes of at least 4 members (excludes halogenated alkanes) is 1. The molecule has 3 rings (SSSR count). The van der Waals surface area contributed by atoms with E-state index in [-0.39, 0.29) is 0 Å². The first-order chi connectivity index (χ1) is 9.88. The molecule has 2 aromatic rings. The Morgan fingerprint density at radius 3 is 2.55 bits per heavy atom. The first-order valence-corrected chi connectivity index (χ1v) is 7.77. The third-order valence-electron chi connectivity index (χ3n) is 4.27. The van der Waals surface area contributed by atoms with Crippen LogP contribution < -0.4 is 5.32 Å². The molecule has 0 unspecified atom stereocenters. The van der Waals surface area contributed by atoms with Crippen LogP contribution in [0.1, 0.15) is 48.9 Å². The zero-order valence-electron chi connectivity index (χ0n) is 12.2. The Hall–Kier alpha value is -1.60. The maximum Gasteiger partial charge on any atom is 0.0581 e. The van der Waals surface area contributed by atoms with Gasteiger partial charge in [-0.1, -0.05) is 74.4 Å². The summed E-state index contributed by atoms with van der Waals surface area (Å²) in [7, 11) is 0. The molecular formula is C19H23N. The highest BCUT2D eigenvalue weighted by atomic mass is 15.0. The van der Waals surface area contributed by atoms with Crippen molar-refractivity contribution in [2.24, 2.45) is 0 Å². The topological polar surface area (TPSA) is 12.0 Å². The highest BCUT2D eigenvalue weighted by Gasteiger charge is 2.26. The van der Waals surface area contributed by atoms with E-state index < -0.39 is 0 Å². The molecule has 1 aliphatic rings. The third kappa shape index (κ3) is 2.78. The summed E-state index contributed by atoms with van der Waals surface area (Å²) in [6.45, 7) is 2.27. The number of hydrogen-bond donors (Lipinski definition) is 1. The molecule has 0 aliphatic carbocycles. The van der Waals surface area contributed by atoms with Crippen molar-refractivity contribution in [1.29, 1.82) is 0 Å². The van der Waals surface area contributed by atoms with Crippen LogP contribution in [0.15, 0.2) is 54.6 Å². The van der Waals surface area contributed by atoms with Gasteiger partial charge >= 0.3 is 0 Å². The SMILES string of the molecule is CCCC[C@@H]1Cc2ccccc2[C@H](c2ccccc2)N1. The molecule has 0 bridgehead atoms. The standard InChI is InChI=1S/C19H23N/c1-2-3-12-17-14-16-11-7-8-13-18(16)19(20-17)15-9-5-4-6-10-15/h4-11,13,17,19-20H,2-3,12,14H2,1H3/t17-,19+/m1/s1. The van der Waals surface area contributed by atoms with Gasteiger partial charge in [0.05, 0.1) is 6.04 Å². The molecule has 1 heteroatoms. The largest absolute Gasteiger partial charge is 0.303 e. The summed E-state index contributed by atoms with van der Waals surface area (Å²) in [6.07, 6.45) is 5.02. The lowest BCUT2D eigenvalue weighted by atomic mass is 9.85. The molecule has 0 spiro atoms. The second-order valence-electron chi connectivity index (χ2n) is 5.75. The number of hydrogen-bond acceptors (Lipinski definition) is 1. The first kappa shape index (κ1) is 13.4. The Morgan fingerprint density at radius 2 is 1.75 bits per heavy atom. The molecular weight excluding hydrogens is 242 g/mol. The summed E-state index contributed by atoms with van der Waals surface area (Å²) >= 11 is 0. The van der Waals surface area contributed by atoms with Crippen molar-refractivity contribution in [3.63, 3.8) is 0 Å². The molecule has 0 radical (unpaired) electrons. The molecule has 1 heterocycles. The van der Waals surface area contributed by atoms with Gasteiger partial charge < -0.3 is 5.32 Å². The van der Waals surface area contributed by atoms with E-state index in [1.807, 2.05) is 0 Å². The maximum atomic E-state index is 3.86. The Balaban J connectivity index is 1.91. The molecule has 0 saturated heterocycles. The minimum absolute atomic E-state index is 0.350. The van der Waals surface area contributed by atoms with Crippen molar-refractivity contribution in [2.75, 3.05) is 0 Å². The van der Waals surface area contributed by atoms with E-state index in [0.717, 1.165) is 0 Å². The van der Waals surface area contributed by atoms with Gasteiger partial charge in [0.2, 0.25) is 0 Å². The maximum absolute atomic E-state index is 3.86. The minimum Gasteiger partial charge on any atom is -0.303 e. The van der Waals surface area contributed by atoms with Crippen molar-refractivity contribution >= 4 is 0 Å². The van der Waals surface area contributed by atoms with Crippen LogP contribution in [0.25, 0.3) is 0 Å². The van der Waals surface area contributed by atoms with Crippen LogP contribution in [-0.4, -0.2) is 6.04 Å². The molecule has 0 amide bonds. The predicted octanol–water partition coefficient (Wildman–Crippen LogP) is 4.48. The molecule has 0 aromatic heterocycles. The van der Waals surface area contributed by atoms with E-state index in [4.69, 9.17) is 0 Å². The highest BCUT2D eigenvalue weighted by Crippen LogP contribution is 2.31. The van der Waals surface area contributed by atoms with Gasteiger partial charge in [-0.25, -0.2) is 0 Å². The predicted molar refractivity (Wildman–Crippen MR) is 84.9 cm³/mol. The zero-order chi connectivity index (χ0) is 13.8. The Labute approximate surface area is 122 Å². The highest BCUT2D eigenvalue weighted by molar-refractivity contribution is 5.40. The monoisotopic (exact) mass is 265 g/mol. The number of nitrogens with one attached hydrogen (secondary N) is 1. The van der Waals surface area contributed by atoms with E-state index in [1.54, 1.807) is 0 Å². The fourth-order valence-corrected chi connectivity index (χ4v) is 3.21. The summed E-state index contributed by atoms with van der Waals surface area (Å²) in [4.78, 5) is 0. The van der Waals surface area contributed by atoms with Crippen molar-refractivity contribution in [3.05, 3.63) is 71.3 Å². The quantitative estimate of drug-likeness (QED) is 0.859. The Morgan fingerprint density at radius 1 is 1.00 bits per heavy atom. The van der Waals surface area contributed by atoms with Crippen molar-refractivity contribution in [2.45, 2.75) is 44.7 Å². The van der Waals surface area contributed by atoms with Gasteiger partial charge in [-0.3, -0.25) is 0 Å². The van der Waals surface area contributed by atoms with Crippen LogP contribution in [0.4, 0.5) is 0 Å². The van der Waals surface area contributed by atoms with Crippen LogP contribution in [0, 0.1) is 0 Å². The Kier molecular flexibility index (Phi) is 4.17. The minimum atomic E-state index is 0.350. The van der Waals surface area contributed by atoms with Gasteiger partial charge in [-0.2, -0.15) is 0 Å². The number of fused-ring (bicyclic) bond motifs is 1. The molecule has 104 valence electrons. The summed E-state index contributed by atoms with van der Waals surface area (Å²) in [5, 5.41) is 3.86. The fraction of sp³-hybridized carbons (Fsp3) is 0.368. The second-order valence-corrected chi connectivity index (χ2v) is 5.75. The van der Waals surface area contributed by atoms with E-state index in [0.29, 0.717) is 12.1 Å². The molecule has 0 saturated carbocycles. The Bertz CT molecular complexity index is 547. The van der Waals surface area contributed by atoms with Crippen LogP contribution >= 0.6 is 0 Å². The summed E-state index contributed by atoms with van der Waals surface area (Å²) < 4.78 is 0. The van der Waals surface area contributed by atoms with E-state index >= 15 is 0 Å². The molecule has 2 atom stereocenters. The summed E-state index contributed by atoms with van der Waals surface area (Å²) in [5.41, 5.74) is 4.34. The average Bonchev–Trinajstić information content (AvgIpc) is 2.53. The van der Waals surface area contributed by atoms with Crippen LogP contribution in [0.3, 0.4) is 0 Å². The molecule has 1 nitrogen and oxygen atoms in total. The molecule has 2 aromatic carbocycles. The summed E-state index contributed by atoms with van der Waals surface area (Å²) in [6, 6.07) is 20.7. The lowest BCUT2D eigenvalue weighted by Gasteiger charge is -2.33. The van der Waals surface area contributed by atoms with Crippen molar-refractivity contribution < 1.29 is 0 Å². The molecule has 1 N–H and O–H groups in total. The molecule has 1 aliphatic heterocycles. The van der Waals surface area contributed by atoms with E-state index in [9.17, 15) is 0 Å². The first-order valence-electron chi connectivity index (χ1n) is 7.77.